The van der Waals surface area contributed by atoms with Gasteiger partial charge in [0, 0.05) is 30.2 Å². The molecule has 0 radical (unpaired) electrons. The van der Waals surface area contributed by atoms with E-state index in [1.807, 2.05) is 24.3 Å². The maximum Gasteiger partial charge on any atom is 0.293 e. The molecule has 1 saturated heterocycles. The van der Waals surface area contributed by atoms with Crippen LogP contribution in [0.1, 0.15) is 12.8 Å². The molecule has 2 atom stereocenters. The van der Waals surface area contributed by atoms with Gasteiger partial charge in [0.2, 0.25) is 0 Å². The van der Waals surface area contributed by atoms with E-state index in [2.05, 4.69) is 10.2 Å². The molecule has 0 spiro atoms. The molecule has 148 valence electrons. The quantitative estimate of drug-likeness (QED) is 0.601. The molecule has 4 rings (SSSR count). The Labute approximate surface area is 168 Å². The standard InChI is InChI=1S/C20H22ClN3O4/c21-14-7-8-17(18(10-14)24(25)26)22-15-4-3-9-23(11-15)12-16-13-27-19-5-1-2-6-20(19)28-16/h1-2,5-8,10,15-16,22H,3-4,9,11-13H2/t15-,16-/m0/s1. The monoisotopic (exact) mass is 403 g/mol. The molecule has 2 aliphatic rings. The minimum Gasteiger partial charge on any atom is -0.486 e. The van der Waals surface area contributed by atoms with Gasteiger partial charge in [0.25, 0.3) is 5.69 Å². The van der Waals surface area contributed by atoms with E-state index in [4.69, 9.17) is 21.1 Å². The van der Waals surface area contributed by atoms with Crippen molar-refractivity contribution in [1.29, 1.82) is 0 Å². The van der Waals surface area contributed by atoms with Crippen LogP contribution in [0.25, 0.3) is 0 Å². The first-order valence-corrected chi connectivity index (χ1v) is 9.77. The second-order valence-corrected chi connectivity index (χ2v) is 7.60. The van der Waals surface area contributed by atoms with Gasteiger partial charge in [-0.2, -0.15) is 0 Å². The number of ether oxygens (including phenoxy) is 2. The number of nitro groups is 1. The lowest BCUT2D eigenvalue weighted by Gasteiger charge is -2.36. The molecule has 0 bridgehead atoms. The first-order chi connectivity index (χ1) is 13.6. The van der Waals surface area contributed by atoms with Crippen molar-refractivity contribution < 1.29 is 14.4 Å². The summed E-state index contributed by atoms with van der Waals surface area (Å²) in [5.74, 6) is 1.56. The zero-order valence-electron chi connectivity index (χ0n) is 15.3. The summed E-state index contributed by atoms with van der Waals surface area (Å²) in [5.41, 5.74) is 0.512. The minimum absolute atomic E-state index is 0.00486. The number of hydrogen-bond acceptors (Lipinski definition) is 6. The Morgan fingerprint density at radius 2 is 2.07 bits per heavy atom. The molecule has 1 fully saturated rings. The van der Waals surface area contributed by atoms with E-state index in [-0.39, 0.29) is 17.8 Å². The molecular weight excluding hydrogens is 382 g/mol. The van der Waals surface area contributed by atoms with Crippen LogP contribution < -0.4 is 14.8 Å². The first-order valence-electron chi connectivity index (χ1n) is 9.40. The number of piperidine rings is 1. The number of likely N-dealkylation sites (tertiary alicyclic amines) is 1. The van der Waals surface area contributed by atoms with Crippen LogP contribution in [0.4, 0.5) is 11.4 Å². The van der Waals surface area contributed by atoms with Crippen molar-refractivity contribution in [2.24, 2.45) is 0 Å². The van der Waals surface area contributed by atoms with Gasteiger partial charge in [-0.3, -0.25) is 15.0 Å². The average Bonchev–Trinajstić information content (AvgIpc) is 2.69. The molecule has 2 heterocycles. The molecule has 7 nitrogen and oxygen atoms in total. The maximum atomic E-state index is 11.3. The molecule has 8 heteroatoms. The summed E-state index contributed by atoms with van der Waals surface area (Å²) in [6.07, 6.45) is 1.95. The predicted molar refractivity (Wildman–Crippen MR) is 108 cm³/mol. The highest BCUT2D eigenvalue weighted by Gasteiger charge is 2.27. The van der Waals surface area contributed by atoms with Crippen molar-refractivity contribution in [2.45, 2.75) is 25.0 Å². The van der Waals surface area contributed by atoms with Crippen LogP contribution in [-0.4, -0.2) is 48.2 Å². The topological polar surface area (TPSA) is 76.9 Å². The zero-order valence-corrected chi connectivity index (χ0v) is 16.1. The van der Waals surface area contributed by atoms with E-state index in [0.29, 0.717) is 17.3 Å². The largest absolute Gasteiger partial charge is 0.486 e. The molecule has 0 aromatic heterocycles. The molecule has 0 aliphatic carbocycles. The number of hydrogen-bond donors (Lipinski definition) is 1. The third-order valence-corrected chi connectivity index (χ3v) is 5.29. The lowest BCUT2D eigenvalue weighted by atomic mass is 10.0. The number of fused-ring (bicyclic) bond motifs is 1. The van der Waals surface area contributed by atoms with E-state index in [1.165, 1.54) is 6.07 Å². The van der Waals surface area contributed by atoms with E-state index >= 15 is 0 Å². The lowest BCUT2D eigenvalue weighted by molar-refractivity contribution is -0.384. The molecule has 2 aromatic rings. The van der Waals surface area contributed by atoms with E-state index in [0.717, 1.165) is 44.0 Å². The van der Waals surface area contributed by atoms with Gasteiger partial charge >= 0.3 is 0 Å². The van der Waals surface area contributed by atoms with Crippen LogP contribution in [0, 0.1) is 10.1 Å². The van der Waals surface area contributed by atoms with Gasteiger partial charge in [0.1, 0.15) is 18.4 Å². The van der Waals surface area contributed by atoms with Gasteiger partial charge in [-0.1, -0.05) is 23.7 Å². The first kappa shape index (κ1) is 18.8. The number of nitrogens with zero attached hydrogens (tertiary/aromatic N) is 2. The summed E-state index contributed by atoms with van der Waals surface area (Å²) < 4.78 is 11.9. The number of anilines is 1. The molecule has 28 heavy (non-hydrogen) atoms. The van der Waals surface area contributed by atoms with Crippen molar-refractivity contribution in [3.63, 3.8) is 0 Å². The van der Waals surface area contributed by atoms with Crippen LogP contribution in [0.5, 0.6) is 11.5 Å². The Bertz CT molecular complexity index is 863. The third-order valence-electron chi connectivity index (χ3n) is 5.05. The van der Waals surface area contributed by atoms with Crippen LogP contribution >= 0.6 is 11.6 Å². The van der Waals surface area contributed by atoms with E-state index < -0.39 is 4.92 Å². The summed E-state index contributed by atoms with van der Waals surface area (Å²) in [7, 11) is 0. The smallest absolute Gasteiger partial charge is 0.293 e. The van der Waals surface area contributed by atoms with E-state index in [9.17, 15) is 10.1 Å². The van der Waals surface area contributed by atoms with Crippen LogP contribution in [0.3, 0.4) is 0 Å². The Hall–Kier alpha value is -2.51. The Balaban J connectivity index is 1.37. The number of nitro benzene ring substituents is 1. The van der Waals surface area contributed by atoms with Gasteiger partial charge in [0.15, 0.2) is 11.5 Å². The highest BCUT2D eigenvalue weighted by Crippen LogP contribution is 2.32. The minimum atomic E-state index is -0.403. The van der Waals surface area contributed by atoms with Crippen LogP contribution in [-0.2, 0) is 0 Å². The maximum absolute atomic E-state index is 11.3. The number of benzene rings is 2. The van der Waals surface area contributed by atoms with Gasteiger partial charge in [-0.25, -0.2) is 0 Å². The molecule has 2 aromatic carbocycles. The number of nitrogens with one attached hydrogen (secondary N) is 1. The third kappa shape index (κ3) is 4.31. The van der Waals surface area contributed by atoms with Crippen LogP contribution in [0.2, 0.25) is 5.02 Å². The Kier molecular flexibility index (Phi) is 5.54. The summed E-state index contributed by atoms with van der Waals surface area (Å²) >= 11 is 5.91. The summed E-state index contributed by atoms with van der Waals surface area (Å²) in [5, 5.41) is 15.0. The van der Waals surface area contributed by atoms with Gasteiger partial charge in [-0.15, -0.1) is 0 Å². The fourth-order valence-electron chi connectivity index (χ4n) is 3.78. The molecular formula is C20H22ClN3O4. The predicted octanol–water partition coefficient (Wildman–Crippen LogP) is 3.96. The fraction of sp³-hybridized carbons (Fsp3) is 0.400. The van der Waals surface area contributed by atoms with Crippen molar-refractivity contribution in [3.8, 4) is 11.5 Å². The molecule has 0 amide bonds. The van der Waals surface area contributed by atoms with Crippen molar-refractivity contribution in [1.82, 2.24) is 4.90 Å². The SMILES string of the molecule is O=[N+]([O-])c1cc(Cl)ccc1N[C@H]1CCCN(C[C@H]2COc3ccccc3O2)C1. The highest BCUT2D eigenvalue weighted by atomic mass is 35.5. The van der Waals surface area contributed by atoms with Crippen molar-refractivity contribution in [2.75, 3.05) is 31.6 Å². The lowest BCUT2D eigenvalue weighted by Crippen LogP contribution is -2.48. The molecule has 0 unspecified atom stereocenters. The Morgan fingerprint density at radius 3 is 2.89 bits per heavy atom. The second kappa shape index (κ2) is 8.24. The molecule has 1 N–H and O–H groups in total. The summed E-state index contributed by atoms with van der Waals surface area (Å²) in [4.78, 5) is 13.2. The van der Waals surface area contributed by atoms with Crippen molar-refractivity contribution >= 4 is 23.0 Å². The summed E-state index contributed by atoms with van der Waals surface area (Å²) in [6.45, 7) is 3.05. The van der Waals surface area contributed by atoms with Gasteiger partial charge in [-0.05, 0) is 43.7 Å². The fourth-order valence-corrected chi connectivity index (χ4v) is 3.94. The van der Waals surface area contributed by atoms with Crippen molar-refractivity contribution in [3.05, 3.63) is 57.6 Å². The number of halogens is 1. The molecule has 0 saturated carbocycles. The molecule has 2 aliphatic heterocycles. The van der Waals surface area contributed by atoms with Crippen LogP contribution in [0.15, 0.2) is 42.5 Å². The zero-order chi connectivity index (χ0) is 19.5. The summed E-state index contributed by atoms with van der Waals surface area (Å²) in [6, 6.07) is 12.5. The normalized spacial score (nSPS) is 21.9. The second-order valence-electron chi connectivity index (χ2n) is 7.16. The number of rotatable bonds is 5. The Morgan fingerprint density at radius 1 is 1.25 bits per heavy atom. The van der Waals surface area contributed by atoms with E-state index in [1.54, 1.807) is 12.1 Å². The van der Waals surface area contributed by atoms with Gasteiger partial charge in [0.05, 0.1) is 4.92 Å². The van der Waals surface area contributed by atoms with Gasteiger partial charge < -0.3 is 14.8 Å². The highest BCUT2D eigenvalue weighted by molar-refractivity contribution is 6.30. The number of para-hydroxylation sites is 2. The average molecular weight is 404 g/mol.